The smallest absolute Gasteiger partial charge is 0.208 e. The highest BCUT2D eigenvalue weighted by Crippen LogP contribution is 2.42. The number of hydrogen-bond donors (Lipinski definition) is 0. The summed E-state index contributed by atoms with van der Waals surface area (Å²) in [4.78, 5) is 4.87. The maximum atomic E-state index is 4.39. The Morgan fingerprint density at radius 2 is 1.71 bits per heavy atom. The number of piperazine rings is 1. The van der Waals surface area contributed by atoms with E-state index in [1.54, 1.807) is 11.3 Å². The first-order valence-corrected chi connectivity index (χ1v) is 8.52. The zero-order valence-electron chi connectivity index (χ0n) is 12.3. The van der Waals surface area contributed by atoms with E-state index in [4.69, 9.17) is 0 Å². The number of aryl methyl sites for hydroxylation is 1. The second kappa shape index (κ2) is 5.30. The molecule has 2 aliphatic rings. The molecule has 2 aromatic rings. The zero-order valence-corrected chi connectivity index (χ0v) is 13.1. The summed E-state index contributed by atoms with van der Waals surface area (Å²) in [6, 6.07) is 8.65. The molecule has 110 valence electrons. The third kappa shape index (κ3) is 2.62. The molecule has 4 rings (SSSR count). The Kier molecular flexibility index (Phi) is 3.30. The summed E-state index contributed by atoms with van der Waals surface area (Å²) in [7, 11) is 0. The lowest BCUT2D eigenvalue weighted by molar-refractivity contribution is 0.648. The van der Waals surface area contributed by atoms with E-state index >= 15 is 0 Å². The van der Waals surface area contributed by atoms with Crippen LogP contribution in [0.2, 0.25) is 0 Å². The SMILES string of the molecule is Cc1ccccc1N1CCN(c2nnc(C3CC3)s2)CC1. The fourth-order valence-corrected chi connectivity index (χ4v) is 3.97. The van der Waals surface area contributed by atoms with Gasteiger partial charge in [-0.2, -0.15) is 0 Å². The number of anilines is 2. The van der Waals surface area contributed by atoms with E-state index in [-0.39, 0.29) is 0 Å². The fourth-order valence-electron chi connectivity index (χ4n) is 2.91. The maximum absolute atomic E-state index is 4.39. The molecule has 1 aromatic carbocycles. The molecule has 21 heavy (non-hydrogen) atoms. The molecule has 2 heterocycles. The number of rotatable bonds is 3. The summed E-state index contributed by atoms with van der Waals surface area (Å²) < 4.78 is 0. The van der Waals surface area contributed by atoms with Crippen molar-refractivity contribution in [3.63, 3.8) is 0 Å². The summed E-state index contributed by atoms with van der Waals surface area (Å²) in [5.74, 6) is 0.713. The van der Waals surface area contributed by atoms with Gasteiger partial charge in [-0.05, 0) is 31.4 Å². The maximum Gasteiger partial charge on any atom is 0.208 e. The van der Waals surface area contributed by atoms with Crippen molar-refractivity contribution < 1.29 is 0 Å². The third-order valence-corrected chi connectivity index (χ3v) is 5.51. The highest BCUT2D eigenvalue weighted by Gasteiger charge is 2.29. The van der Waals surface area contributed by atoms with Crippen molar-refractivity contribution >= 4 is 22.2 Å². The molecule has 5 heteroatoms. The first-order chi connectivity index (χ1) is 10.3. The normalized spacial score (nSPS) is 19.1. The predicted octanol–water partition coefficient (Wildman–Crippen LogP) is 3.05. The Morgan fingerprint density at radius 3 is 2.43 bits per heavy atom. The van der Waals surface area contributed by atoms with E-state index in [0.717, 1.165) is 31.3 Å². The van der Waals surface area contributed by atoms with Crippen LogP contribution in [0.3, 0.4) is 0 Å². The number of benzene rings is 1. The topological polar surface area (TPSA) is 32.3 Å². The Balaban J connectivity index is 1.43. The van der Waals surface area contributed by atoms with E-state index in [9.17, 15) is 0 Å². The first kappa shape index (κ1) is 13.1. The molecule has 4 nitrogen and oxygen atoms in total. The lowest BCUT2D eigenvalue weighted by Crippen LogP contribution is -2.46. The van der Waals surface area contributed by atoms with E-state index in [2.05, 4.69) is 51.2 Å². The van der Waals surface area contributed by atoms with Crippen molar-refractivity contribution in [3.05, 3.63) is 34.8 Å². The average Bonchev–Trinajstić information content (AvgIpc) is 3.26. The van der Waals surface area contributed by atoms with Crippen molar-refractivity contribution in [2.75, 3.05) is 36.0 Å². The summed E-state index contributed by atoms with van der Waals surface area (Å²) in [6.45, 7) is 6.38. The first-order valence-electron chi connectivity index (χ1n) is 7.70. The number of aromatic nitrogens is 2. The number of hydrogen-bond acceptors (Lipinski definition) is 5. The molecule has 0 bridgehead atoms. The van der Waals surface area contributed by atoms with Gasteiger partial charge in [0.15, 0.2) is 0 Å². The quantitative estimate of drug-likeness (QED) is 0.872. The van der Waals surface area contributed by atoms with Crippen LogP contribution in [0.15, 0.2) is 24.3 Å². The van der Waals surface area contributed by atoms with Crippen molar-refractivity contribution in [2.24, 2.45) is 0 Å². The van der Waals surface area contributed by atoms with Gasteiger partial charge in [0.05, 0.1) is 0 Å². The van der Waals surface area contributed by atoms with Gasteiger partial charge in [-0.15, -0.1) is 10.2 Å². The molecule has 0 spiro atoms. The zero-order chi connectivity index (χ0) is 14.2. The highest BCUT2D eigenvalue weighted by atomic mass is 32.1. The van der Waals surface area contributed by atoms with Crippen molar-refractivity contribution in [1.29, 1.82) is 0 Å². The molecule has 0 radical (unpaired) electrons. The molecular formula is C16H20N4S. The van der Waals surface area contributed by atoms with E-state index in [0.29, 0.717) is 5.92 Å². The van der Waals surface area contributed by atoms with Crippen LogP contribution in [-0.2, 0) is 0 Å². The van der Waals surface area contributed by atoms with Gasteiger partial charge < -0.3 is 9.80 Å². The van der Waals surface area contributed by atoms with Gasteiger partial charge in [-0.25, -0.2) is 0 Å². The second-order valence-electron chi connectivity index (χ2n) is 5.96. The van der Waals surface area contributed by atoms with Crippen LogP contribution >= 0.6 is 11.3 Å². The monoisotopic (exact) mass is 300 g/mol. The lowest BCUT2D eigenvalue weighted by atomic mass is 10.1. The van der Waals surface area contributed by atoms with E-state index < -0.39 is 0 Å². The van der Waals surface area contributed by atoms with Crippen molar-refractivity contribution in [3.8, 4) is 0 Å². The lowest BCUT2D eigenvalue weighted by Gasteiger charge is -2.36. The van der Waals surface area contributed by atoms with Gasteiger partial charge in [-0.1, -0.05) is 29.5 Å². The van der Waals surface area contributed by atoms with E-state index in [1.165, 1.54) is 29.1 Å². The minimum Gasteiger partial charge on any atom is -0.368 e. The van der Waals surface area contributed by atoms with Crippen LogP contribution < -0.4 is 9.80 Å². The number of para-hydroxylation sites is 1. The molecule has 2 fully saturated rings. The van der Waals surface area contributed by atoms with Gasteiger partial charge in [0, 0.05) is 37.8 Å². The van der Waals surface area contributed by atoms with Gasteiger partial charge in [-0.3, -0.25) is 0 Å². The molecule has 0 amide bonds. The van der Waals surface area contributed by atoms with Gasteiger partial charge >= 0.3 is 0 Å². The third-order valence-electron chi connectivity index (χ3n) is 4.36. The summed E-state index contributed by atoms with van der Waals surface area (Å²) >= 11 is 1.80. The predicted molar refractivity (Wildman–Crippen MR) is 87.5 cm³/mol. The molecule has 1 aliphatic heterocycles. The van der Waals surface area contributed by atoms with Crippen molar-refractivity contribution in [1.82, 2.24) is 10.2 Å². The van der Waals surface area contributed by atoms with Crippen LogP contribution in [0.5, 0.6) is 0 Å². The Hall–Kier alpha value is -1.62. The summed E-state index contributed by atoms with van der Waals surface area (Å²) in [5, 5.41) is 11.1. The molecule has 0 atom stereocenters. The van der Waals surface area contributed by atoms with Gasteiger partial charge in [0.25, 0.3) is 0 Å². The van der Waals surface area contributed by atoms with Crippen LogP contribution in [0.4, 0.5) is 10.8 Å². The van der Waals surface area contributed by atoms with E-state index in [1.807, 2.05) is 0 Å². The fraction of sp³-hybridized carbons (Fsp3) is 0.500. The molecule has 1 aromatic heterocycles. The molecule has 0 N–H and O–H groups in total. The highest BCUT2D eigenvalue weighted by molar-refractivity contribution is 7.15. The average molecular weight is 300 g/mol. The summed E-state index contributed by atoms with van der Waals surface area (Å²) in [5.41, 5.74) is 2.73. The number of nitrogens with zero attached hydrogens (tertiary/aromatic N) is 4. The molecule has 1 saturated heterocycles. The van der Waals surface area contributed by atoms with Crippen LogP contribution in [-0.4, -0.2) is 36.4 Å². The Bertz CT molecular complexity index is 627. The molecule has 1 aliphatic carbocycles. The Labute approximate surface area is 129 Å². The molecule has 0 unspecified atom stereocenters. The molecular weight excluding hydrogens is 280 g/mol. The van der Waals surface area contributed by atoms with Crippen molar-refractivity contribution in [2.45, 2.75) is 25.7 Å². The van der Waals surface area contributed by atoms with Crippen LogP contribution in [0, 0.1) is 6.92 Å². The van der Waals surface area contributed by atoms with Crippen LogP contribution in [0.1, 0.15) is 29.3 Å². The van der Waals surface area contributed by atoms with Crippen LogP contribution in [0.25, 0.3) is 0 Å². The van der Waals surface area contributed by atoms with Gasteiger partial charge in [0.2, 0.25) is 5.13 Å². The minimum atomic E-state index is 0.713. The second-order valence-corrected chi connectivity index (χ2v) is 6.95. The minimum absolute atomic E-state index is 0.713. The largest absolute Gasteiger partial charge is 0.368 e. The standard InChI is InChI=1S/C16H20N4S/c1-12-4-2-3-5-14(12)19-8-10-20(11-9-19)16-18-17-15(21-16)13-6-7-13/h2-5,13H,6-11H2,1H3. The Morgan fingerprint density at radius 1 is 1.00 bits per heavy atom. The molecule has 1 saturated carbocycles. The summed E-state index contributed by atoms with van der Waals surface area (Å²) in [6.07, 6.45) is 2.60. The van der Waals surface area contributed by atoms with Gasteiger partial charge in [0.1, 0.15) is 5.01 Å².